The number of hydrogen-bond acceptors (Lipinski definition) is 4. The highest BCUT2D eigenvalue weighted by molar-refractivity contribution is 6.69. The SMILES string of the molecule is COc1ccc(CN/C=C(\C=N)C(=O)Cl)cc1. The van der Waals surface area contributed by atoms with E-state index in [4.69, 9.17) is 21.7 Å². The molecule has 0 atom stereocenters. The van der Waals surface area contributed by atoms with Gasteiger partial charge >= 0.3 is 0 Å². The quantitative estimate of drug-likeness (QED) is 0.463. The molecule has 4 nitrogen and oxygen atoms in total. The minimum absolute atomic E-state index is 0.125. The Morgan fingerprint density at radius 3 is 2.59 bits per heavy atom. The number of allylic oxidation sites excluding steroid dienone is 1. The lowest BCUT2D eigenvalue weighted by Crippen LogP contribution is -2.08. The molecule has 90 valence electrons. The van der Waals surface area contributed by atoms with Crippen LogP contribution in [0.5, 0.6) is 5.75 Å². The van der Waals surface area contributed by atoms with Gasteiger partial charge < -0.3 is 15.5 Å². The van der Waals surface area contributed by atoms with Crippen LogP contribution in [0.25, 0.3) is 0 Å². The summed E-state index contributed by atoms with van der Waals surface area (Å²) < 4.78 is 5.04. The lowest BCUT2D eigenvalue weighted by atomic mass is 10.2. The zero-order valence-corrected chi connectivity index (χ0v) is 10.1. The average molecular weight is 253 g/mol. The van der Waals surface area contributed by atoms with Gasteiger partial charge in [0, 0.05) is 19.0 Å². The Bertz CT molecular complexity index is 427. The fourth-order valence-corrected chi connectivity index (χ4v) is 1.29. The fraction of sp³-hybridized carbons (Fsp3) is 0.167. The minimum atomic E-state index is -0.651. The third-order valence-electron chi connectivity index (χ3n) is 2.11. The molecule has 2 N–H and O–H groups in total. The van der Waals surface area contributed by atoms with Gasteiger partial charge in [-0.15, -0.1) is 0 Å². The molecule has 0 fully saturated rings. The van der Waals surface area contributed by atoms with Crippen molar-refractivity contribution < 1.29 is 9.53 Å². The van der Waals surface area contributed by atoms with Crippen molar-refractivity contribution in [2.45, 2.75) is 6.54 Å². The largest absolute Gasteiger partial charge is 0.497 e. The molecule has 0 saturated carbocycles. The summed E-state index contributed by atoms with van der Waals surface area (Å²) in [5.74, 6) is 0.792. The number of methoxy groups -OCH3 is 1. The van der Waals surface area contributed by atoms with Crippen LogP contribution in [0.2, 0.25) is 0 Å². The average Bonchev–Trinajstić information content (AvgIpc) is 2.35. The van der Waals surface area contributed by atoms with Crippen LogP contribution in [0.1, 0.15) is 5.56 Å². The summed E-state index contributed by atoms with van der Waals surface area (Å²) in [5, 5.41) is 9.23. The second-order valence-electron chi connectivity index (χ2n) is 3.25. The molecule has 0 aliphatic rings. The van der Waals surface area contributed by atoms with Gasteiger partial charge in [-0.05, 0) is 29.3 Å². The molecule has 0 bridgehead atoms. The summed E-state index contributed by atoms with van der Waals surface area (Å²) in [6, 6.07) is 7.52. The zero-order valence-electron chi connectivity index (χ0n) is 9.37. The summed E-state index contributed by atoms with van der Waals surface area (Å²) >= 11 is 5.25. The first kappa shape index (κ1) is 13.3. The van der Waals surface area contributed by atoms with Crippen LogP contribution in [0.3, 0.4) is 0 Å². The normalized spacial score (nSPS) is 10.8. The summed E-state index contributed by atoms with van der Waals surface area (Å²) in [6.45, 7) is 0.547. The van der Waals surface area contributed by atoms with Crippen LogP contribution in [0, 0.1) is 5.41 Å². The first-order valence-corrected chi connectivity index (χ1v) is 5.32. The van der Waals surface area contributed by atoms with Gasteiger partial charge in [0.15, 0.2) is 0 Å². The molecule has 17 heavy (non-hydrogen) atoms. The van der Waals surface area contributed by atoms with Gasteiger partial charge in [-0.25, -0.2) is 0 Å². The monoisotopic (exact) mass is 252 g/mol. The number of hydrogen-bond donors (Lipinski definition) is 2. The van der Waals surface area contributed by atoms with Gasteiger partial charge in [-0.3, -0.25) is 4.79 Å². The molecule has 0 heterocycles. The number of halogens is 1. The molecule has 1 aromatic rings. The van der Waals surface area contributed by atoms with Crippen LogP contribution in [-0.4, -0.2) is 18.6 Å². The van der Waals surface area contributed by atoms with Gasteiger partial charge in [0.1, 0.15) is 5.75 Å². The number of carbonyl (C=O) groups is 1. The Morgan fingerprint density at radius 1 is 1.47 bits per heavy atom. The molecule has 0 radical (unpaired) electrons. The van der Waals surface area contributed by atoms with Crippen LogP contribution < -0.4 is 10.1 Å². The predicted molar refractivity (Wildman–Crippen MR) is 67.6 cm³/mol. The highest BCUT2D eigenvalue weighted by Gasteiger charge is 2.01. The highest BCUT2D eigenvalue weighted by Crippen LogP contribution is 2.10. The van der Waals surface area contributed by atoms with Gasteiger partial charge in [-0.1, -0.05) is 12.1 Å². The maximum atomic E-state index is 10.8. The minimum Gasteiger partial charge on any atom is -0.497 e. The van der Waals surface area contributed by atoms with Crippen LogP contribution >= 0.6 is 11.6 Å². The van der Waals surface area contributed by atoms with Crippen molar-refractivity contribution in [1.82, 2.24) is 5.32 Å². The summed E-state index contributed by atoms with van der Waals surface area (Å²) in [4.78, 5) is 10.8. The number of carbonyl (C=O) groups excluding carboxylic acids is 1. The van der Waals surface area contributed by atoms with E-state index in [0.717, 1.165) is 17.5 Å². The van der Waals surface area contributed by atoms with Crippen molar-refractivity contribution in [2.75, 3.05) is 7.11 Å². The van der Waals surface area contributed by atoms with E-state index in [0.29, 0.717) is 6.54 Å². The van der Waals surface area contributed by atoms with Crippen LogP contribution in [-0.2, 0) is 11.3 Å². The third kappa shape index (κ3) is 4.28. The summed E-state index contributed by atoms with van der Waals surface area (Å²) in [7, 11) is 1.61. The molecule has 0 saturated heterocycles. The molecular formula is C12H13ClN2O2. The van der Waals surface area contributed by atoms with Crippen molar-refractivity contribution in [2.24, 2.45) is 0 Å². The molecule has 1 rings (SSSR count). The third-order valence-corrected chi connectivity index (χ3v) is 2.32. The maximum absolute atomic E-state index is 10.8. The Kier molecular flexibility index (Phi) is 5.23. The van der Waals surface area contributed by atoms with Crippen molar-refractivity contribution in [3.05, 3.63) is 41.6 Å². The molecule has 0 aliphatic carbocycles. The second-order valence-corrected chi connectivity index (χ2v) is 3.59. The lowest BCUT2D eigenvalue weighted by molar-refractivity contribution is -0.108. The lowest BCUT2D eigenvalue weighted by Gasteiger charge is -2.04. The topological polar surface area (TPSA) is 62.2 Å². The smallest absolute Gasteiger partial charge is 0.255 e. The van der Waals surface area contributed by atoms with E-state index in [1.165, 1.54) is 6.20 Å². The second kappa shape index (κ2) is 6.70. The van der Waals surface area contributed by atoms with E-state index in [2.05, 4.69) is 5.32 Å². The molecule has 0 unspecified atom stereocenters. The standard InChI is InChI=1S/C12H13ClN2O2/c1-17-11-4-2-9(3-5-11)7-15-8-10(6-14)12(13)16/h2-6,8,14-15H,7H2,1H3/b10-8+,14-6?. The predicted octanol–water partition coefficient (Wildman–Crippen LogP) is 2.08. The first-order valence-electron chi connectivity index (χ1n) is 4.94. The van der Waals surface area contributed by atoms with Gasteiger partial charge in [0.2, 0.25) is 0 Å². The maximum Gasteiger partial charge on any atom is 0.255 e. The first-order chi connectivity index (χ1) is 8.17. The molecule has 1 aromatic carbocycles. The Morgan fingerprint density at radius 2 is 2.12 bits per heavy atom. The molecule has 0 amide bonds. The Hall–Kier alpha value is -1.81. The van der Waals surface area contributed by atoms with Crippen molar-refractivity contribution in [1.29, 1.82) is 5.41 Å². The summed E-state index contributed by atoms with van der Waals surface area (Å²) in [5.41, 5.74) is 1.16. The van der Waals surface area contributed by atoms with Crippen molar-refractivity contribution in [3.63, 3.8) is 0 Å². The molecule has 5 heteroatoms. The molecule has 0 spiro atoms. The summed E-state index contributed by atoms with van der Waals surface area (Å²) in [6.07, 6.45) is 2.34. The molecular weight excluding hydrogens is 240 g/mol. The Balaban J connectivity index is 2.55. The molecule has 0 aliphatic heterocycles. The van der Waals surface area contributed by atoms with Gasteiger partial charge in [-0.2, -0.15) is 0 Å². The zero-order chi connectivity index (χ0) is 12.7. The Labute approximate surface area is 105 Å². The fourth-order valence-electron chi connectivity index (χ4n) is 1.18. The van der Waals surface area contributed by atoms with E-state index < -0.39 is 5.24 Å². The van der Waals surface area contributed by atoms with E-state index in [1.54, 1.807) is 7.11 Å². The van der Waals surface area contributed by atoms with E-state index in [1.807, 2.05) is 24.3 Å². The molecule has 0 aromatic heterocycles. The number of rotatable bonds is 6. The highest BCUT2D eigenvalue weighted by atomic mass is 35.5. The van der Waals surface area contributed by atoms with Crippen LogP contribution in [0.4, 0.5) is 0 Å². The van der Waals surface area contributed by atoms with Gasteiger partial charge in [0.05, 0.1) is 12.7 Å². The van der Waals surface area contributed by atoms with Gasteiger partial charge in [0.25, 0.3) is 5.24 Å². The van der Waals surface area contributed by atoms with E-state index in [-0.39, 0.29) is 5.57 Å². The number of ether oxygens (including phenoxy) is 1. The van der Waals surface area contributed by atoms with E-state index in [9.17, 15) is 4.79 Å². The number of benzene rings is 1. The van der Waals surface area contributed by atoms with Crippen LogP contribution in [0.15, 0.2) is 36.0 Å². The van der Waals surface area contributed by atoms with E-state index >= 15 is 0 Å². The van der Waals surface area contributed by atoms with Crippen molar-refractivity contribution >= 4 is 23.1 Å². The van der Waals surface area contributed by atoms with Crippen molar-refractivity contribution in [3.8, 4) is 5.75 Å². The number of nitrogens with one attached hydrogen (secondary N) is 2.